The third-order valence-electron chi connectivity index (χ3n) is 2.82. The van der Waals surface area contributed by atoms with Crippen LogP contribution >= 0.6 is 0 Å². The Morgan fingerprint density at radius 3 is 2.71 bits per heavy atom. The molecule has 3 nitrogen and oxygen atoms in total. The van der Waals surface area contributed by atoms with Crippen molar-refractivity contribution in [2.45, 2.75) is 6.42 Å². The van der Waals surface area contributed by atoms with Crippen LogP contribution in [0.5, 0.6) is 0 Å². The highest BCUT2D eigenvalue weighted by Gasteiger charge is 2.05. The molecule has 0 amide bonds. The van der Waals surface area contributed by atoms with E-state index in [9.17, 15) is 0 Å². The van der Waals surface area contributed by atoms with Gasteiger partial charge in [-0.15, -0.1) is 0 Å². The molecule has 1 heterocycles. The lowest BCUT2D eigenvalue weighted by atomic mass is 10.1. The van der Waals surface area contributed by atoms with Crippen LogP contribution in [0.15, 0.2) is 47.1 Å². The molecule has 0 saturated heterocycles. The molecular formula is C14H18N3+. The molecule has 0 aromatic heterocycles. The smallest absolute Gasteiger partial charge is 0.163 e. The first-order valence-corrected chi connectivity index (χ1v) is 5.83. The maximum Gasteiger partial charge on any atom is 0.163 e. The molecule has 0 radical (unpaired) electrons. The first-order chi connectivity index (χ1) is 8.25. The SMILES string of the molecule is CN(N=CC1=CC=[N+](C)CC1)c1ccccc1. The van der Waals surface area contributed by atoms with Gasteiger partial charge in [-0.25, -0.2) is 4.58 Å². The van der Waals surface area contributed by atoms with Gasteiger partial charge in [-0.05, 0) is 17.7 Å². The minimum atomic E-state index is 1.05. The van der Waals surface area contributed by atoms with E-state index in [4.69, 9.17) is 0 Å². The van der Waals surface area contributed by atoms with Crippen LogP contribution in [0.1, 0.15) is 6.42 Å². The van der Waals surface area contributed by atoms with Crippen molar-refractivity contribution in [3.05, 3.63) is 42.0 Å². The summed E-state index contributed by atoms with van der Waals surface area (Å²) >= 11 is 0. The zero-order chi connectivity index (χ0) is 12.1. The second kappa shape index (κ2) is 5.43. The fraction of sp³-hybridized carbons (Fsp3) is 0.286. The van der Waals surface area contributed by atoms with Crippen LogP contribution in [-0.4, -0.2) is 37.6 Å². The molecule has 2 rings (SSSR count). The number of hydrogen-bond acceptors (Lipinski definition) is 2. The minimum absolute atomic E-state index is 1.05. The number of hydrogen-bond donors (Lipinski definition) is 0. The van der Waals surface area contributed by atoms with E-state index in [-0.39, 0.29) is 0 Å². The van der Waals surface area contributed by atoms with Crippen molar-refractivity contribution in [2.24, 2.45) is 5.10 Å². The molecule has 1 aliphatic heterocycles. The van der Waals surface area contributed by atoms with Gasteiger partial charge >= 0.3 is 0 Å². The van der Waals surface area contributed by atoms with Crippen LogP contribution in [0.25, 0.3) is 0 Å². The summed E-state index contributed by atoms with van der Waals surface area (Å²) in [6.45, 7) is 1.06. The van der Waals surface area contributed by atoms with Crippen molar-refractivity contribution in [2.75, 3.05) is 25.6 Å². The highest BCUT2D eigenvalue weighted by atomic mass is 15.4. The van der Waals surface area contributed by atoms with E-state index in [1.54, 1.807) is 0 Å². The number of nitrogens with zero attached hydrogens (tertiary/aromatic N) is 3. The second-order valence-corrected chi connectivity index (χ2v) is 4.22. The van der Waals surface area contributed by atoms with Crippen LogP contribution in [-0.2, 0) is 0 Å². The van der Waals surface area contributed by atoms with E-state index < -0.39 is 0 Å². The molecule has 0 fully saturated rings. The molecule has 0 unspecified atom stereocenters. The van der Waals surface area contributed by atoms with Gasteiger partial charge in [-0.1, -0.05) is 18.2 Å². The Balaban J connectivity index is 2.02. The van der Waals surface area contributed by atoms with E-state index in [0.717, 1.165) is 18.7 Å². The third-order valence-corrected chi connectivity index (χ3v) is 2.82. The van der Waals surface area contributed by atoms with Gasteiger partial charge in [-0.2, -0.15) is 5.10 Å². The van der Waals surface area contributed by atoms with Gasteiger partial charge in [0.2, 0.25) is 0 Å². The first kappa shape index (κ1) is 11.6. The van der Waals surface area contributed by atoms with Crippen molar-refractivity contribution in [1.82, 2.24) is 0 Å². The van der Waals surface area contributed by atoms with Gasteiger partial charge in [0.05, 0.1) is 11.9 Å². The summed E-state index contributed by atoms with van der Waals surface area (Å²) < 4.78 is 2.18. The molecule has 1 aliphatic rings. The van der Waals surface area contributed by atoms with Gasteiger partial charge in [0.1, 0.15) is 13.6 Å². The van der Waals surface area contributed by atoms with Crippen molar-refractivity contribution in [1.29, 1.82) is 0 Å². The Hall–Kier alpha value is -1.90. The van der Waals surface area contributed by atoms with Crippen LogP contribution in [0, 0.1) is 0 Å². The van der Waals surface area contributed by atoms with Crippen LogP contribution in [0.4, 0.5) is 5.69 Å². The first-order valence-electron chi connectivity index (χ1n) is 5.83. The van der Waals surface area contributed by atoms with Crippen LogP contribution < -0.4 is 5.01 Å². The van der Waals surface area contributed by atoms with Crippen molar-refractivity contribution < 1.29 is 4.58 Å². The number of rotatable bonds is 3. The molecule has 1 aromatic carbocycles. The van der Waals surface area contributed by atoms with Crippen molar-refractivity contribution >= 4 is 18.1 Å². The fourth-order valence-corrected chi connectivity index (χ4v) is 1.67. The molecule has 0 spiro atoms. The molecule has 17 heavy (non-hydrogen) atoms. The average Bonchev–Trinajstić information content (AvgIpc) is 2.39. The maximum atomic E-state index is 4.44. The van der Waals surface area contributed by atoms with Crippen molar-refractivity contribution in [3.8, 4) is 0 Å². The highest BCUT2D eigenvalue weighted by molar-refractivity contribution is 5.86. The summed E-state index contributed by atoms with van der Waals surface area (Å²) in [5.41, 5.74) is 2.37. The van der Waals surface area contributed by atoms with Crippen LogP contribution in [0.3, 0.4) is 0 Å². The van der Waals surface area contributed by atoms with E-state index in [0.29, 0.717) is 0 Å². The molecule has 88 valence electrons. The summed E-state index contributed by atoms with van der Waals surface area (Å²) in [5, 5.41) is 6.33. The summed E-state index contributed by atoms with van der Waals surface area (Å²) in [5.74, 6) is 0. The summed E-state index contributed by atoms with van der Waals surface area (Å²) in [4.78, 5) is 0. The van der Waals surface area contributed by atoms with Gasteiger partial charge in [0.25, 0.3) is 0 Å². The average molecular weight is 228 g/mol. The Morgan fingerprint density at radius 1 is 1.29 bits per heavy atom. The normalized spacial score (nSPS) is 15.6. The van der Waals surface area contributed by atoms with Gasteiger partial charge in [-0.3, -0.25) is 5.01 Å². The number of para-hydroxylation sites is 1. The lowest BCUT2D eigenvalue weighted by Crippen LogP contribution is -2.15. The standard InChI is InChI=1S/C14H18N3/c1-16-10-8-13(9-11-16)12-15-17(2)14-6-4-3-5-7-14/h3-8,10,12H,9,11H2,1-2H3/q+1. The maximum absolute atomic E-state index is 4.44. The Kier molecular flexibility index (Phi) is 3.70. The Bertz CT molecular complexity index is 458. The summed E-state index contributed by atoms with van der Waals surface area (Å²) in [7, 11) is 4.05. The Labute approximate surface area is 102 Å². The molecule has 0 aliphatic carbocycles. The van der Waals surface area contributed by atoms with E-state index in [2.05, 4.69) is 29.0 Å². The number of anilines is 1. The number of benzene rings is 1. The second-order valence-electron chi connectivity index (χ2n) is 4.22. The zero-order valence-electron chi connectivity index (χ0n) is 10.4. The van der Waals surface area contributed by atoms with E-state index in [1.807, 2.05) is 48.6 Å². The third kappa shape index (κ3) is 3.28. The van der Waals surface area contributed by atoms with Crippen molar-refractivity contribution in [3.63, 3.8) is 0 Å². The molecule has 3 heteroatoms. The molecule has 0 saturated carbocycles. The quantitative estimate of drug-likeness (QED) is 0.440. The van der Waals surface area contributed by atoms with Crippen LogP contribution in [0.2, 0.25) is 0 Å². The fourth-order valence-electron chi connectivity index (χ4n) is 1.67. The van der Waals surface area contributed by atoms with E-state index in [1.165, 1.54) is 5.57 Å². The lowest BCUT2D eigenvalue weighted by Gasteiger charge is -2.12. The molecule has 0 N–H and O–H groups in total. The summed E-state index contributed by atoms with van der Waals surface area (Å²) in [6.07, 6.45) is 7.20. The predicted octanol–water partition coefficient (Wildman–Crippen LogP) is 2.15. The lowest BCUT2D eigenvalue weighted by molar-refractivity contribution is -0.492. The molecule has 1 aromatic rings. The molecule has 0 bridgehead atoms. The van der Waals surface area contributed by atoms with Gasteiger partial charge < -0.3 is 0 Å². The summed E-state index contributed by atoms with van der Waals surface area (Å²) in [6, 6.07) is 10.1. The minimum Gasteiger partial charge on any atom is -0.269 e. The highest BCUT2D eigenvalue weighted by Crippen LogP contribution is 2.11. The monoisotopic (exact) mass is 228 g/mol. The topological polar surface area (TPSA) is 18.6 Å². The number of allylic oxidation sites excluding steroid dienone is 1. The molecular weight excluding hydrogens is 210 g/mol. The van der Waals surface area contributed by atoms with Gasteiger partial charge in [0, 0.05) is 19.5 Å². The zero-order valence-corrected chi connectivity index (χ0v) is 10.4. The van der Waals surface area contributed by atoms with E-state index >= 15 is 0 Å². The van der Waals surface area contributed by atoms with Gasteiger partial charge in [0.15, 0.2) is 6.21 Å². The Morgan fingerprint density at radius 2 is 2.06 bits per heavy atom. The molecule has 0 atom stereocenters. The largest absolute Gasteiger partial charge is 0.269 e. The predicted molar refractivity (Wildman–Crippen MR) is 73.2 cm³/mol. The number of hydrazone groups is 1.